The first-order chi connectivity index (χ1) is 8.99. The first-order valence-electron chi connectivity index (χ1n) is 6.24. The smallest absolute Gasteiger partial charge is 0.263 e. The van der Waals surface area contributed by atoms with E-state index in [4.69, 9.17) is 5.73 Å². The minimum absolute atomic E-state index is 0.181. The first kappa shape index (κ1) is 13.8. The van der Waals surface area contributed by atoms with Crippen molar-refractivity contribution in [2.75, 3.05) is 12.3 Å². The molecule has 5 heteroatoms. The van der Waals surface area contributed by atoms with Crippen LogP contribution in [-0.4, -0.2) is 12.5 Å². The largest absolute Gasteiger partial charge is 0.397 e. The molecule has 0 aliphatic heterocycles. The van der Waals surface area contributed by atoms with Crippen molar-refractivity contribution in [2.45, 2.75) is 20.3 Å². The van der Waals surface area contributed by atoms with Crippen LogP contribution in [0, 0.1) is 11.7 Å². The van der Waals surface area contributed by atoms with Crippen LogP contribution in [0.3, 0.4) is 0 Å². The Morgan fingerprint density at radius 1 is 1.47 bits per heavy atom. The highest BCUT2D eigenvalue weighted by Crippen LogP contribution is 2.33. The van der Waals surface area contributed by atoms with Crippen molar-refractivity contribution >= 4 is 33.0 Å². The van der Waals surface area contributed by atoms with E-state index < -0.39 is 0 Å². The molecule has 0 atom stereocenters. The number of amides is 1. The van der Waals surface area contributed by atoms with Gasteiger partial charge >= 0.3 is 0 Å². The number of benzene rings is 1. The second-order valence-corrected chi connectivity index (χ2v) is 5.98. The average molecular weight is 280 g/mol. The number of carbonyl (C=O) groups is 1. The monoisotopic (exact) mass is 280 g/mol. The maximum Gasteiger partial charge on any atom is 0.263 e. The number of halogens is 1. The molecular formula is C14H17FN2OS. The van der Waals surface area contributed by atoms with Crippen molar-refractivity contribution in [2.24, 2.45) is 5.92 Å². The summed E-state index contributed by atoms with van der Waals surface area (Å²) in [6.45, 7) is 4.82. The molecule has 2 rings (SSSR count). The lowest BCUT2D eigenvalue weighted by molar-refractivity contribution is 0.0957. The fourth-order valence-electron chi connectivity index (χ4n) is 1.81. The van der Waals surface area contributed by atoms with Crippen LogP contribution in [0.5, 0.6) is 0 Å². The third kappa shape index (κ3) is 3.04. The quantitative estimate of drug-likeness (QED) is 0.902. The molecule has 0 bridgehead atoms. The SMILES string of the molecule is CC(C)CCNC(=O)c1sc2ccc(F)cc2c1N. The van der Waals surface area contributed by atoms with Crippen LogP contribution in [0.15, 0.2) is 18.2 Å². The summed E-state index contributed by atoms with van der Waals surface area (Å²) in [5.41, 5.74) is 6.29. The van der Waals surface area contributed by atoms with E-state index in [-0.39, 0.29) is 11.7 Å². The molecule has 3 N–H and O–H groups in total. The van der Waals surface area contributed by atoms with Crippen molar-refractivity contribution in [1.82, 2.24) is 5.32 Å². The molecule has 1 aromatic carbocycles. The summed E-state index contributed by atoms with van der Waals surface area (Å²) in [6.07, 6.45) is 0.922. The fourth-order valence-corrected chi connectivity index (χ4v) is 2.83. The summed E-state index contributed by atoms with van der Waals surface area (Å²) in [7, 11) is 0. The van der Waals surface area contributed by atoms with Gasteiger partial charge in [0.15, 0.2) is 0 Å². The van der Waals surface area contributed by atoms with Gasteiger partial charge < -0.3 is 11.1 Å². The van der Waals surface area contributed by atoms with Crippen molar-refractivity contribution in [3.05, 3.63) is 28.9 Å². The van der Waals surface area contributed by atoms with Gasteiger partial charge in [-0.15, -0.1) is 11.3 Å². The van der Waals surface area contributed by atoms with E-state index in [0.717, 1.165) is 11.1 Å². The van der Waals surface area contributed by atoms with Gasteiger partial charge in [-0.05, 0) is 30.5 Å². The van der Waals surface area contributed by atoms with Crippen LogP contribution in [0.1, 0.15) is 29.9 Å². The summed E-state index contributed by atoms with van der Waals surface area (Å²) in [4.78, 5) is 12.5. The number of carbonyl (C=O) groups excluding carboxylic acids is 1. The van der Waals surface area contributed by atoms with Crippen molar-refractivity contribution < 1.29 is 9.18 Å². The molecule has 0 unspecified atom stereocenters. The van der Waals surface area contributed by atoms with Gasteiger partial charge in [0.1, 0.15) is 10.7 Å². The van der Waals surface area contributed by atoms with Gasteiger partial charge in [0, 0.05) is 16.6 Å². The van der Waals surface area contributed by atoms with Gasteiger partial charge in [-0.3, -0.25) is 4.79 Å². The zero-order valence-electron chi connectivity index (χ0n) is 11.0. The van der Waals surface area contributed by atoms with E-state index in [9.17, 15) is 9.18 Å². The molecule has 1 amide bonds. The number of hydrogen-bond acceptors (Lipinski definition) is 3. The van der Waals surface area contributed by atoms with Gasteiger partial charge in [0.05, 0.1) is 5.69 Å². The number of thiophene rings is 1. The number of anilines is 1. The summed E-state index contributed by atoms with van der Waals surface area (Å²) < 4.78 is 14.0. The summed E-state index contributed by atoms with van der Waals surface area (Å²) >= 11 is 1.30. The maximum absolute atomic E-state index is 13.2. The number of rotatable bonds is 4. The molecular weight excluding hydrogens is 263 g/mol. The normalized spacial score (nSPS) is 11.2. The van der Waals surface area contributed by atoms with Crippen LogP contribution in [-0.2, 0) is 0 Å². The van der Waals surface area contributed by atoms with Crippen LogP contribution in [0.2, 0.25) is 0 Å². The topological polar surface area (TPSA) is 55.1 Å². The lowest BCUT2D eigenvalue weighted by Gasteiger charge is -2.06. The third-order valence-corrected chi connectivity index (χ3v) is 4.09. The second-order valence-electron chi connectivity index (χ2n) is 4.92. The number of nitrogens with one attached hydrogen (secondary N) is 1. The van der Waals surface area contributed by atoms with Crippen LogP contribution in [0.4, 0.5) is 10.1 Å². The van der Waals surface area contributed by atoms with Gasteiger partial charge in [-0.25, -0.2) is 4.39 Å². The summed E-state index contributed by atoms with van der Waals surface area (Å²) in [6, 6.07) is 4.39. The Bertz CT molecular complexity index is 607. The molecule has 0 saturated heterocycles. The van der Waals surface area contributed by atoms with Crippen molar-refractivity contribution in [3.8, 4) is 0 Å². The van der Waals surface area contributed by atoms with Gasteiger partial charge in [-0.1, -0.05) is 13.8 Å². The Morgan fingerprint density at radius 3 is 2.89 bits per heavy atom. The molecule has 0 saturated carbocycles. The van der Waals surface area contributed by atoms with Gasteiger partial charge in [0.25, 0.3) is 5.91 Å². The average Bonchev–Trinajstić information content (AvgIpc) is 2.66. The van der Waals surface area contributed by atoms with E-state index in [0.29, 0.717) is 28.4 Å². The molecule has 3 nitrogen and oxygen atoms in total. The molecule has 0 aliphatic rings. The maximum atomic E-state index is 13.2. The predicted octanol–water partition coefficient (Wildman–Crippen LogP) is 3.40. The second kappa shape index (κ2) is 5.57. The molecule has 0 fully saturated rings. The van der Waals surface area contributed by atoms with E-state index in [2.05, 4.69) is 19.2 Å². The highest BCUT2D eigenvalue weighted by molar-refractivity contribution is 7.21. The Morgan fingerprint density at radius 2 is 2.21 bits per heavy atom. The molecule has 0 aliphatic carbocycles. The molecule has 0 spiro atoms. The fraction of sp³-hybridized carbons (Fsp3) is 0.357. The van der Waals surface area contributed by atoms with E-state index in [1.165, 1.54) is 23.5 Å². The van der Waals surface area contributed by atoms with Crippen LogP contribution < -0.4 is 11.1 Å². The van der Waals surface area contributed by atoms with E-state index in [1.54, 1.807) is 6.07 Å². The molecule has 0 radical (unpaired) electrons. The first-order valence-corrected chi connectivity index (χ1v) is 7.06. The molecule has 1 aromatic heterocycles. The van der Waals surface area contributed by atoms with Crippen molar-refractivity contribution in [3.63, 3.8) is 0 Å². The van der Waals surface area contributed by atoms with E-state index in [1.807, 2.05) is 0 Å². The highest BCUT2D eigenvalue weighted by atomic mass is 32.1. The van der Waals surface area contributed by atoms with Crippen LogP contribution in [0.25, 0.3) is 10.1 Å². The Kier molecular flexibility index (Phi) is 4.04. The zero-order valence-corrected chi connectivity index (χ0v) is 11.8. The zero-order chi connectivity index (χ0) is 14.0. The third-order valence-electron chi connectivity index (χ3n) is 2.90. The van der Waals surface area contributed by atoms with Gasteiger partial charge in [-0.2, -0.15) is 0 Å². The molecule has 1 heterocycles. The minimum Gasteiger partial charge on any atom is -0.397 e. The van der Waals surface area contributed by atoms with Gasteiger partial charge in [0.2, 0.25) is 0 Å². The van der Waals surface area contributed by atoms with Crippen LogP contribution >= 0.6 is 11.3 Å². The Hall–Kier alpha value is -1.62. The number of nitrogens with two attached hydrogens (primary N) is 1. The minimum atomic E-state index is -0.344. The lowest BCUT2D eigenvalue weighted by Crippen LogP contribution is -2.25. The number of hydrogen-bond donors (Lipinski definition) is 2. The number of fused-ring (bicyclic) bond motifs is 1. The molecule has 2 aromatic rings. The lowest BCUT2D eigenvalue weighted by atomic mass is 10.1. The Labute approximate surface area is 115 Å². The Balaban J connectivity index is 2.20. The van der Waals surface area contributed by atoms with Crippen molar-refractivity contribution in [1.29, 1.82) is 0 Å². The molecule has 102 valence electrons. The summed E-state index contributed by atoms with van der Waals surface area (Å²) in [5, 5.41) is 3.45. The predicted molar refractivity (Wildman–Crippen MR) is 78.0 cm³/mol. The molecule has 19 heavy (non-hydrogen) atoms. The standard InChI is InChI=1S/C14H17FN2OS/c1-8(2)5-6-17-14(18)13-12(16)10-7-9(15)3-4-11(10)19-13/h3-4,7-8H,5-6,16H2,1-2H3,(H,17,18). The highest BCUT2D eigenvalue weighted by Gasteiger charge is 2.16. The summed E-state index contributed by atoms with van der Waals surface area (Å²) in [5.74, 6) is 0.0117. The number of nitrogen functional groups attached to an aromatic ring is 1. The van der Waals surface area contributed by atoms with E-state index >= 15 is 0 Å².